The number of hydrogen-bond donors (Lipinski definition) is 3. The molecule has 0 bridgehead atoms. The molecule has 3 N–H and O–H groups in total. The van der Waals surface area contributed by atoms with Crippen LogP contribution >= 0.6 is 0 Å². The zero-order valence-corrected chi connectivity index (χ0v) is 19.0. The number of hydrogen-bond acceptors (Lipinski definition) is 6. The van der Waals surface area contributed by atoms with Gasteiger partial charge in [-0.1, -0.05) is 60.7 Å². The second-order valence-corrected chi connectivity index (χ2v) is 8.39. The highest BCUT2D eigenvalue weighted by atomic mass is 16.3. The topological polar surface area (TPSA) is 88.4 Å². The highest BCUT2D eigenvalue weighted by molar-refractivity contribution is 5.85. The number of nitrogens with one attached hydrogen (secondary N) is 1. The third kappa shape index (κ3) is 6.21. The average Bonchev–Trinajstić information content (AvgIpc) is 2.86. The molecule has 34 heavy (non-hydrogen) atoms. The van der Waals surface area contributed by atoms with Crippen LogP contribution in [-0.4, -0.2) is 64.9 Å². The molecule has 1 fully saturated rings. The van der Waals surface area contributed by atoms with E-state index in [2.05, 4.69) is 68.9 Å². The van der Waals surface area contributed by atoms with Crippen LogP contribution in [0.4, 0.5) is 0 Å². The summed E-state index contributed by atoms with van der Waals surface area (Å²) in [7, 11) is 0. The smallest absolute Gasteiger partial charge is 0.241 e. The van der Waals surface area contributed by atoms with Crippen LogP contribution in [0.3, 0.4) is 0 Å². The van der Waals surface area contributed by atoms with E-state index < -0.39 is 0 Å². The van der Waals surface area contributed by atoms with Crippen molar-refractivity contribution < 1.29 is 15.0 Å². The molecule has 7 heteroatoms. The van der Waals surface area contributed by atoms with E-state index in [0.29, 0.717) is 18.5 Å². The van der Waals surface area contributed by atoms with Crippen LogP contribution in [0, 0.1) is 0 Å². The predicted molar refractivity (Wildman–Crippen MR) is 133 cm³/mol. The van der Waals surface area contributed by atoms with Crippen molar-refractivity contribution in [2.45, 2.75) is 12.5 Å². The van der Waals surface area contributed by atoms with Gasteiger partial charge in [0.25, 0.3) is 0 Å². The summed E-state index contributed by atoms with van der Waals surface area (Å²) in [5.74, 6) is -0.304. The minimum absolute atomic E-state index is 0.0300. The highest BCUT2D eigenvalue weighted by Gasteiger charge is 2.26. The summed E-state index contributed by atoms with van der Waals surface area (Å²) in [6.07, 6.45) is 1.71. The van der Waals surface area contributed by atoms with Crippen LogP contribution < -0.4 is 5.43 Å². The van der Waals surface area contributed by atoms with E-state index >= 15 is 0 Å². The molecule has 4 rings (SSSR count). The summed E-state index contributed by atoms with van der Waals surface area (Å²) in [5, 5.41) is 23.0. The van der Waals surface area contributed by atoms with E-state index in [1.165, 1.54) is 35.5 Å². The second kappa shape index (κ2) is 11.4. The number of aromatic hydroxyl groups is 2. The number of nitrogens with zero attached hydrogens (tertiary/aromatic N) is 3. The van der Waals surface area contributed by atoms with E-state index in [1.807, 2.05) is 12.1 Å². The summed E-state index contributed by atoms with van der Waals surface area (Å²) in [6, 6.07) is 25.6. The lowest BCUT2D eigenvalue weighted by atomic mass is 9.96. The molecule has 0 atom stereocenters. The molecule has 0 saturated carbocycles. The molecule has 0 aromatic heterocycles. The standard InChI is InChI=1S/C27H30N4O3/c32-24-12-11-23(25(33)19-24)20-28-29-26(34)13-14-30-15-17-31(18-16-30)27(21-7-3-1-4-8-21)22-9-5-2-6-10-22/h1-12,19-20,27,32-33H,13-18H2,(H,29,34)/b28-20+. The fourth-order valence-corrected chi connectivity index (χ4v) is 4.26. The van der Waals surface area contributed by atoms with Gasteiger partial charge in [0, 0.05) is 50.8 Å². The van der Waals surface area contributed by atoms with Gasteiger partial charge < -0.3 is 15.1 Å². The Morgan fingerprint density at radius 1 is 0.912 bits per heavy atom. The third-order valence-corrected chi connectivity index (χ3v) is 6.06. The van der Waals surface area contributed by atoms with Gasteiger partial charge in [-0.3, -0.25) is 9.69 Å². The first-order valence-electron chi connectivity index (χ1n) is 11.5. The Kier molecular flexibility index (Phi) is 7.91. The maximum atomic E-state index is 12.2. The van der Waals surface area contributed by atoms with Crippen LogP contribution in [0.1, 0.15) is 29.2 Å². The Labute approximate surface area is 200 Å². The first kappa shape index (κ1) is 23.5. The molecule has 1 saturated heterocycles. The van der Waals surface area contributed by atoms with E-state index in [1.54, 1.807) is 0 Å². The van der Waals surface area contributed by atoms with Gasteiger partial charge >= 0.3 is 0 Å². The minimum atomic E-state index is -0.177. The van der Waals surface area contributed by atoms with Gasteiger partial charge in [-0.2, -0.15) is 5.10 Å². The quantitative estimate of drug-likeness (QED) is 0.356. The van der Waals surface area contributed by atoms with Gasteiger partial charge in [0.15, 0.2) is 0 Å². The third-order valence-electron chi connectivity index (χ3n) is 6.06. The largest absolute Gasteiger partial charge is 0.508 e. The zero-order valence-electron chi connectivity index (χ0n) is 19.0. The van der Waals surface area contributed by atoms with E-state index in [-0.39, 0.29) is 23.4 Å². The number of carbonyl (C=O) groups is 1. The number of hydrazone groups is 1. The molecule has 1 heterocycles. The van der Waals surface area contributed by atoms with Crippen molar-refractivity contribution >= 4 is 12.1 Å². The van der Waals surface area contributed by atoms with Crippen molar-refractivity contribution in [1.82, 2.24) is 15.2 Å². The van der Waals surface area contributed by atoms with Crippen molar-refractivity contribution in [3.63, 3.8) is 0 Å². The lowest BCUT2D eigenvalue weighted by molar-refractivity contribution is -0.121. The fourth-order valence-electron chi connectivity index (χ4n) is 4.26. The van der Waals surface area contributed by atoms with Crippen LogP contribution in [0.2, 0.25) is 0 Å². The van der Waals surface area contributed by atoms with Crippen molar-refractivity contribution in [3.8, 4) is 11.5 Å². The van der Waals surface area contributed by atoms with Crippen molar-refractivity contribution in [1.29, 1.82) is 0 Å². The number of benzene rings is 3. The molecule has 7 nitrogen and oxygen atoms in total. The molecule has 3 aromatic rings. The SMILES string of the molecule is O=C(CCN1CCN(C(c2ccccc2)c2ccccc2)CC1)N/N=C/c1ccc(O)cc1O. The Hall–Kier alpha value is -3.68. The lowest BCUT2D eigenvalue weighted by Crippen LogP contribution is -2.48. The van der Waals surface area contributed by atoms with Crippen LogP contribution in [-0.2, 0) is 4.79 Å². The van der Waals surface area contributed by atoms with Crippen LogP contribution in [0.15, 0.2) is 84.0 Å². The molecule has 1 aliphatic heterocycles. The molecule has 1 aliphatic rings. The summed E-state index contributed by atoms with van der Waals surface area (Å²) in [6.45, 7) is 4.31. The Balaban J connectivity index is 1.27. The zero-order chi connectivity index (χ0) is 23.8. The first-order valence-corrected chi connectivity index (χ1v) is 11.5. The van der Waals surface area contributed by atoms with Crippen molar-refractivity contribution in [2.24, 2.45) is 5.10 Å². The van der Waals surface area contributed by atoms with Gasteiger partial charge in [-0.15, -0.1) is 0 Å². The Morgan fingerprint density at radius 3 is 2.12 bits per heavy atom. The molecular weight excluding hydrogens is 428 g/mol. The van der Waals surface area contributed by atoms with E-state index in [9.17, 15) is 15.0 Å². The molecule has 0 aliphatic carbocycles. The Bertz CT molecular complexity index is 1060. The van der Waals surface area contributed by atoms with Gasteiger partial charge in [0.1, 0.15) is 11.5 Å². The van der Waals surface area contributed by atoms with Crippen LogP contribution in [0.5, 0.6) is 11.5 Å². The molecule has 0 unspecified atom stereocenters. The lowest BCUT2D eigenvalue weighted by Gasteiger charge is -2.39. The number of carbonyl (C=O) groups excluding carboxylic acids is 1. The van der Waals surface area contributed by atoms with Crippen LogP contribution in [0.25, 0.3) is 0 Å². The maximum absolute atomic E-state index is 12.2. The van der Waals surface area contributed by atoms with Gasteiger partial charge in [-0.05, 0) is 23.3 Å². The van der Waals surface area contributed by atoms with Gasteiger partial charge in [0.2, 0.25) is 5.91 Å². The van der Waals surface area contributed by atoms with Crippen molar-refractivity contribution in [2.75, 3.05) is 32.7 Å². The molecule has 1 amide bonds. The van der Waals surface area contributed by atoms with E-state index in [0.717, 1.165) is 26.2 Å². The molecule has 176 valence electrons. The highest BCUT2D eigenvalue weighted by Crippen LogP contribution is 2.29. The minimum Gasteiger partial charge on any atom is -0.508 e. The molecular formula is C27H30N4O3. The normalized spacial score (nSPS) is 15.1. The predicted octanol–water partition coefficient (Wildman–Crippen LogP) is 3.35. The maximum Gasteiger partial charge on any atom is 0.241 e. The average molecular weight is 459 g/mol. The monoisotopic (exact) mass is 458 g/mol. The number of phenolic OH excluding ortho intramolecular Hbond substituents is 2. The summed E-state index contributed by atoms with van der Waals surface area (Å²) in [4.78, 5) is 17.0. The molecule has 3 aromatic carbocycles. The van der Waals surface area contributed by atoms with E-state index in [4.69, 9.17) is 0 Å². The Morgan fingerprint density at radius 2 is 1.53 bits per heavy atom. The molecule has 0 spiro atoms. The summed E-state index contributed by atoms with van der Waals surface area (Å²) < 4.78 is 0. The number of phenols is 2. The number of rotatable bonds is 8. The number of amides is 1. The fraction of sp³-hybridized carbons (Fsp3) is 0.259. The molecule has 0 radical (unpaired) electrons. The van der Waals surface area contributed by atoms with Gasteiger partial charge in [-0.25, -0.2) is 5.43 Å². The summed E-state index contributed by atoms with van der Waals surface area (Å²) in [5.41, 5.74) is 5.50. The van der Waals surface area contributed by atoms with Crippen molar-refractivity contribution in [3.05, 3.63) is 95.6 Å². The second-order valence-electron chi connectivity index (χ2n) is 8.39. The first-order chi connectivity index (χ1) is 16.6. The van der Waals surface area contributed by atoms with Gasteiger partial charge in [0.05, 0.1) is 12.3 Å². The summed E-state index contributed by atoms with van der Waals surface area (Å²) >= 11 is 0. The number of piperazine rings is 1.